The van der Waals surface area contributed by atoms with Gasteiger partial charge in [0.1, 0.15) is 0 Å². The summed E-state index contributed by atoms with van der Waals surface area (Å²) in [5.41, 5.74) is -0.101. The molecule has 0 saturated carbocycles. The Kier molecular flexibility index (Phi) is 4.42. The van der Waals surface area contributed by atoms with E-state index < -0.39 is 0 Å². The first-order valence-corrected chi connectivity index (χ1v) is 6.87. The van der Waals surface area contributed by atoms with E-state index in [1.165, 1.54) is 6.42 Å². The highest BCUT2D eigenvalue weighted by atomic mass is 16.5. The number of aliphatic hydroxyl groups is 1. The molecule has 0 aromatic carbocycles. The Morgan fingerprint density at radius 2 is 2.35 bits per heavy atom. The maximum atomic E-state index is 9.66. The highest BCUT2D eigenvalue weighted by molar-refractivity contribution is 4.98. The molecule has 2 aliphatic rings. The van der Waals surface area contributed by atoms with Crippen molar-refractivity contribution in [3.8, 4) is 0 Å². The molecule has 2 unspecified atom stereocenters. The Hall–Kier alpha value is -0.160. The molecule has 2 fully saturated rings. The normalized spacial score (nSPS) is 34.9. The quantitative estimate of drug-likeness (QED) is 0.741. The SMILES string of the molecule is CC(C)N1CCC(CO)(NCC2CCCO2)C1. The van der Waals surface area contributed by atoms with Crippen LogP contribution in [-0.4, -0.2) is 60.5 Å². The van der Waals surface area contributed by atoms with Gasteiger partial charge in [0.15, 0.2) is 0 Å². The van der Waals surface area contributed by atoms with Gasteiger partial charge in [-0.05, 0) is 33.1 Å². The molecule has 0 bridgehead atoms. The molecule has 2 saturated heterocycles. The minimum atomic E-state index is -0.101. The number of rotatable bonds is 5. The fraction of sp³-hybridized carbons (Fsp3) is 1.00. The molecule has 0 amide bonds. The van der Waals surface area contributed by atoms with Crippen LogP contribution in [0, 0.1) is 0 Å². The average Bonchev–Trinajstić information content (AvgIpc) is 2.97. The van der Waals surface area contributed by atoms with E-state index in [1.807, 2.05) is 0 Å². The molecule has 0 aromatic rings. The monoisotopic (exact) mass is 242 g/mol. The van der Waals surface area contributed by atoms with E-state index in [0.29, 0.717) is 12.1 Å². The van der Waals surface area contributed by atoms with Gasteiger partial charge < -0.3 is 15.2 Å². The van der Waals surface area contributed by atoms with E-state index in [9.17, 15) is 5.11 Å². The number of hydrogen-bond donors (Lipinski definition) is 2. The molecule has 4 heteroatoms. The number of likely N-dealkylation sites (tertiary alicyclic amines) is 1. The summed E-state index contributed by atoms with van der Waals surface area (Å²) in [5, 5.41) is 13.2. The Balaban J connectivity index is 1.83. The Morgan fingerprint density at radius 1 is 1.53 bits per heavy atom. The van der Waals surface area contributed by atoms with Gasteiger partial charge in [-0.15, -0.1) is 0 Å². The van der Waals surface area contributed by atoms with Crippen molar-refractivity contribution in [3.05, 3.63) is 0 Å². The van der Waals surface area contributed by atoms with Crippen molar-refractivity contribution < 1.29 is 9.84 Å². The molecule has 2 aliphatic heterocycles. The fourth-order valence-corrected chi connectivity index (χ4v) is 2.81. The average molecular weight is 242 g/mol. The minimum Gasteiger partial charge on any atom is -0.394 e. The molecule has 17 heavy (non-hydrogen) atoms. The first kappa shape index (κ1) is 13.3. The van der Waals surface area contributed by atoms with E-state index in [-0.39, 0.29) is 12.1 Å². The third kappa shape index (κ3) is 3.19. The highest BCUT2D eigenvalue weighted by Gasteiger charge is 2.38. The third-order valence-corrected chi connectivity index (χ3v) is 4.15. The Labute approximate surface area is 104 Å². The smallest absolute Gasteiger partial charge is 0.0700 e. The van der Waals surface area contributed by atoms with Crippen molar-refractivity contribution in [1.29, 1.82) is 0 Å². The van der Waals surface area contributed by atoms with E-state index in [1.54, 1.807) is 0 Å². The van der Waals surface area contributed by atoms with E-state index >= 15 is 0 Å². The van der Waals surface area contributed by atoms with Gasteiger partial charge in [0.05, 0.1) is 18.2 Å². The molecule has 2 N–H and O–H groups in total. The molecule has 0 spiro atoms. The Morgan fingerprint density at radius 3 is 2.88 bits per heavy atom. The predicted octanol–water partition coefficient (Wildman–Crippen LogP) is 0.600. The number of aliphatic hydroxyl groups excluding tert-OH is 1. The van der Waals surface area contributed by atoms with Crippen LogP contribution in [0.5, 0.6) is 0 Å². The van der Waals surface area contributed by atoms with Crippen molar-refractivity contribution in [2.24, 2.45) is 0 Å². The van der Waals surface area contributed by atoms with Crippen LogP contribution in [0.2, 0.25) is 0 Å². The summed E-state index contributed by atoms with van der Waals surface area (Å²) in [4.78, 5) is 2.43. The summed E-state index contributed by atoms with van der Waals surface area (Å²) in [7, 11) is 0. The second-order valence-corrected chi connectivity index (χ2v) is 5.77. The van der Waals surface area contributed by atoms with Gasteiger partial charge in [0, 0.05) is 32.3 Å². The lowest BCUT2D eigenvalue weighted by atomic mass is 9.99. The highest BCUT2D eigenvalue weighted by Crippen LogP contribution is 2.23. The molecule has 0 radical (unpaired) electrons. The molecule has 4 nitrogen and oxygen atoms in total. The lowest BCUT2D eigenvalue weighted by molar-refractivity contribution is 0.0877. The summed E-state index contributed by atoms with van der Waals surface area (Å²) >= 11 is 0. The maximum Gasteiger partial charge on any atom is 0.0700 e. The van der Waals surface area contributed by atoms with E-state index in [2.05, 4.69) is 24.1 Å². The van der Waals surface area contributed by atoms with Crippen molar-refractivity contribution in [1.82, 2.24) is 10.2 Å². The number of nitrogens with zero attached hydrogens (tertiary/aromatic N) is 1. The van der Waals surface area contributed by atoms with Gasteiger partial charge in [-0.1, -0.05) is 0 Å². The van der Waals surface area contributed by atoms with Crippen LogP contribution in [-0.2, 0) is 4.74 Å². The Bertz CT molecular complexity index is 242. The largest absolute Gasteiger partial charge is 0.394 e. The standard InChI is InChI=1S/C13H26N2O2/c1-11(2)15-6-5-13(9-15,10-16)14-8-12-4-3-7-17-12/h11-12,14,16H,3-10H2,1-2H3. The summed E-state index contributed by atoms with van der Waals surface area (Å²) in [5.74, 6) is 0. The van der Waals surface area contributed by atoms with Crippen molar-refractivity contribution in [2.75, 3.05) is 32.8 Å². The van der Waals surface area contributed by atoms with Crippen LogP contribution in [0.15, 0.2) is 0 Å². The lowest BCUT2D eigenvalue weighted by Gasteiger charge is -2.31. The topological polar surface area (TPSA) is 44.7 Å². The molecule has 2 heterocycles. The third-order valence-electron chi connectivity index (χ3n) is 4.15. The number of nitrogens with one attached hydrogen (secondary N) is 1. The summed E-state index contributed by atoms with van der Waals surface area (Å²) in [6.45, 7) is 8.47. The number of hydrogen-bond acceptors (Lipinski definition) is 4. The fourth-order valence-electron chi connectivity index (χ4n) is 2.81. The van der Waals surface area contributed by atoms with Crippen LogP contribution < -0.4 is 5.32 Å². The first-order valence-electron chi connectivity index (χ1n) is 6.87. The molecular formula is C13H26N2O2. The van der Waals surface area contributed by atoms with Crippen LogP contribution in [0.25, 0.3) is 0 Å². The van der Waals surface area contributed by atoms with Crippen LogP contribution >= 0.6 is 0 Å². The van der Waals surface area contributed by atoms with Gasteiger partial charge in [0.25, 0.3) is 0 Å². The zero-order valence-electron chi connectivity index (χ0n) is 11.1. The van der Waals surface area contributed by atoms with Crippen molar-refractivity contribution in [3.63, 3.8) is 0 Å². The van der Waals surface area contributed by atoms with Gasteiger partial charge >= 0.3 is 0 Å². The summed E-state index contributed by atoms with van der Waals surface area (Å²) < 4.78 is 5.62. The van der Waals surface area contributed by atoms with Gasteiger partial charge in [-0.3, -0.25) is 4.90 Å². The van der Waals surface area contributed by atoms with E-state index in [0.717, 1.165) is 39.1 Å². The number of ether oxygens (including phenoxy) is 1. The maximum absolute atomic E-state index is 9.66. The van der Waals surface area contributed by atoms with Crippen LogP contribution in [0.1, 0.15) is 33.1 Å². The second-order valence-electron chi connectivity index (χ2n) is 5.77. The second kappa shape index (κ2) is 5.65. The summed E-state index contributed by atoms with van der Waals surface area (Å²) in [6, 6.07) is 0.563. The molecule has 0 aliphatic carbocycles. The summed E-state index contributed by atoms with van der Waals surface area (Å²) in [6.07, 6.45) is 3.72. The first-order chi connectivity index (χ1) is 8.15. The zero-order chi connectivity index (χ0) is 12.3. The zero-order valence-corrected chi connectivity index (χ0v) is 11.1. The molecular weight excluding hydrogens is 216 g/mol. The molecule has 2 atom stereocenters. The van der Waals surface area contributed by atoms with Crippen molar-refractivity contribution >= 4 is 0 Å². The molecule has 2 rings (SSSR count). The molecule has 100 valence electrons. The predicted molar refractivity (Wildman–Crippen MR) is 68.1 cm³/mol. The van der Waals surface area contributed by atoms with Crippen molar-refractivity contribution in [2.45, 2.75) is 50.8 Å². The van der Waals surface area contributed by atoms with Gasteiger partial charge in [-0.25, -0.2) is 0 Å². The van der Waals surface area contributed by atoms with Gasteiger partial charge in [-0.2, -0.15) is 0 Å². The van der Waals surface area contributed by atoms with E-state index in [4.69, 9.17) is 4.74 Å². The van der Waals surface area contributed by atoms with Gasteiger partial charge in [0.2, 0.25) is 0 Å². The minimum absolute atomic E-state index is 0.101. The molecule has 0 aromatic heterocycles. The van der Waals surface area contributed by atoms with Crippen LogP contribution in [0.4, 0.5) is 0 Å². The van der Waals surface area contributed by atoms with Crippen LogP contribution in [0.3, 0.4) is 0 Å². The lowest BCUT2D eigenvalue weighted by Crippen LogP contribution is -2.53.